The van der Waals surface area contributed by atoms with E-state index in [4.69, 9.17) is 30.6 Å². The smallest absolute Gasteiger partial charge is 0.314 e. The van der Waals surface area contributed by atoms with Gasteiger partial charge in [-0.25, -0.2) is 0 Å². The van der Waals surface area contributed by atoms with E-state index in [2.05, 4.69) is 0 Å². The molecule has 8 heteroatoms. The van der Waals surface area contributed by atoms with E-state index in [0.29, 0.717) is 0 Å². The Bertz CT molecular complexity index is 265. The van der Waals surface area contributed by atoms with E-state index in [1.807, 2.05) is 0 Å². The topological polar surface area (TPSA) is 156 Å². The van der Waals surface area contributed by atoms with Gasteiger partial charge in [-0.1, -0.05) is 0 Å². The first kappa shape index (κ1) is 19.1. The fourth-order valence-electron chi connectivity index (χ4n) is 0.296. The Morgan fingerprint density at radius 3 is 1.28 bits per heavy atom. The second kappa shape index (κ2) is 7.27. The van der Waals surface area contributed by atoms with E-state index in [-0.39, 0.29) is 0 Å². The number of hydrogen-bond acceptors (Lipinski definition) is 6. The maximum Gasteiger partial charge on any atom is 0.314 e. The van der Waals surface area contributed by atoms with Crippen molar-refractivity contribution in [3.8, 4) is 0 Å². The highest BCUT2D eigenvalue weighted by atomic mass is 16.5. The van der Waals surface area contributed by atoms with Crippen molar-refractivity contribution in [2.75, 3.05) is 13.2 Å². The van der Waals surface area contributed by atoms with Crippen molar-refractivity contribution >= 4 is 11.9 Å². The lowest BCUT2D eigenvalue weighted by atomic mass is 9.93. The standard InChI is InChI=1S/2C5H10O4/c1-5(2,3(6)7)4(8)9;1-5(2-6,3-7)4(8)9/h3,6-7H,1-2H3,(H,8,9);6-7H,2-3H2,1H3,(H,8,9). The Kier molecular flexibility index (Phi) is 7.72. The molecule has 0 unspecified atom stereocenters. The molecule has 108 valence electrons. The first-order valence-corrected chi connectivity index (χ1v) is 5.00. The van der Waals surface area contributed by atoms with Crippen molar-refractivity contribution in [1.29, 1.82) is 0 Å². The number of aliphatic hydroxyl groups excluding tert-OH is 3. The van der Waals surface area contributed by atoms with Gasteiger partial charge in [0.15, 0.2) is 6.29 Å². The van der Waals surface area contributed by atoms with Crippen molar-refractivity contribution in [2.24, 2.45) is 10.8 Å². The van der Waals surface area contributed by atoms with Gasteiger partial charge >= 0.3 is 11.9 Å². The first-order valence-electron chi connectivity index (χ1n) is 5.00. The van der Waals surface area contributed by atoms with Gasteiger partial charge in [-0.05, 0) is 20.8 Å². The summed E-state index contributed by atoms with van der Waals surface area (Å²) in [7, 11) is 0. The number of carboxylic acid groups (broad SMARTS) is 2. The monoisotopic (exact) mass is 268 g/mol. The molecule has 0 aliphatic carbocycles. The summed E-state index contributed by atoms with van der Waals surface area (Å²) in [5.41, 5.74) is -2.86. The number of carbonyl (C=O) groups is 2. The van der Waals surface area contributed by atoms with Crippen LogP contribution >= 0.6 is 0 Å². The Hall–Kier alpha value is -1.22. The molecule has 0 aromatic carbocycles. The van der Waals surface area contributed by atoms with E-state index in [0.717, 1.165) is 0 Å². The molecule has 18 heavy (non-hydrogen) atoms. The fraction of sp³-hybridized carbons (Fsp3) is 0.800. The predicted molar refractivity (Wildman–Crippen MR) is 59.6 cm³/mol. The molecule has 0 saturated carbocycles. The Labute approximate surface area is 104 Å². The molecule has 6 N–H and O–H groups in total. The molecule has 0 aromatic heterocycles. The summed E-state index contributed by atoms with van der Waals surface area (Å²) in [5, 5.41) is 50.3. The average molecular weight is 268 g/mol. The molecule has 0 aliphatic rings. The molecule has 0 amide bonds. The number of hydrogen-bond donors (Lipinski definition) is 6. The quantitative estimate of drug-likeness (QED) is 0.328. The Morgan fingerprint density at radius 1 is 0.944 bits per heavy atom. The summed E-state index contributed by atoms with van der Waals surface area (Å²) >= 11 is 0. The number of aliphatic carboxylic acids is 2. The number of aliphatic hydroxyl groups is 4. The highest BCUT2D eigenvalue weighted by Gasteiger charge is 2.34. The van der Waals surface area contributed by atoms with E-state index in [1.165, 1.54) is 20.8 Å². The van der Waals surface area contributed by atoms with Crippen LogP contribution in [-0.4, -0.2) is 62.1 Å². The molecule has 0 rings (SSSR count). The average Bonchev–Trinajstić information content (AvgIpc) is 2.28. The Morgan fingerprint density at radius 2 is 1.28 bits per heavy atom. The largest absolute Gasteiger partial charge is 0.481 e. The van der Waals surface area contributed by atoms with Crippen molar-refractivity contribution < 1.29 is 40.2 Å². The predicted octanol–water partition coefficient (Wildman–Crippen LogP) is -1.53. The molecule has 0 bridgehead atoms. The molecule has 0 atom stereocenters. The van der Waals surface area contributed by atoms with Gasteiger partial charge in [0.25, 0.3) is 0 Å². The molecule has 0 saturated heterocycles. The van der Waals surface area contributed by atoms with Crippen molar-refractivity contribution in [2.45, 2.75) is 27.1 Å². The van der Waals surface area contributed by atoms with Gasteiger partial charge in [0.2, 0.25) is 0 Å². The lowest BCUT2D eigenvalue weighted by molar-refractivity contribution is -0.174. The van der Waals surface area contributed by atoms with E-state index >= 15 is 0 Å². The van der Waals surface area contributed by atoms with Gasteiger partial charge < -0.3 is 30.6 Å². The minimum Gasteiger partial charge on any atom is -0.481 e. The van der Waals surface area contributed by atoms with E-state index in [1.54, 1.807) is 0 Å². The number of carboxylic acids is 2. The molecule has 0 radical (unpaired) electrons. The maximum absolute atomic E-state index is 10.2. The van der Waals surface area contributed by atoms with Crippen LogP contribution in [0.25, 0.3) is 0 Å². The third-order valence-electron chi connectivity index (χ3n) is 2.41. The van der Waals surface area contributed by atoms with Crippen LogP contribution in [0.2, 0.25) is 0 Å². The molecular weight excluding hydrogens is 248 g/mol. The SMILES string of the molecule is CC(C)(C(=O)O)C(O)O.CC(CO)(CO)C(=O)O. The lowest BCUT2D eigenvalue weighted by Crippen LogP contribution is -2.36. The Balaban J connectivity index is 0. The van der Waals surface area contributed by atoms with Gasteiger partial charge in [-0.2, -0.15) is 0 Å². The summed E-state index contributed by atoms with van der Waals surface area (Å²) in [5.74, 6) is -2.41. The fourth-order valence-corrected chi connectivity index (χ4v) is 0.296. The zero-order valence-corrected chi connectivity index (χ0v) is 10.5. The molecule has 0 aromatic rings. The van der Waals surface area contributed by atoms with Crippen molar-refractivity contribution in [3.05, 3.63) is 0 Å². The molecule has 8 nitrogen and oxygen atoms in total. The van der Waals surface area contributed by atoms with Crippen LogP contribution in [0.5, 0.6) is 0 Å². The summed E-state index contributed by atoms with van der Waals surface area (Å²) in [6.45, 7) is 2.66. The summed E-state index contributed by atoms with van der Waals surface area (Å²) < 4.78 is 0. The van der Waals surface area contributed by atoms with Crippen LogP contribution in [0.3, 0.4) is 0 Å². The van der Waals surface area contributed by atoms with Crippen LogP contribution in [0.1, 0.15) is 20.8 Å². The van der Waals surface area contributed by atoms with Crippen LogP contribution in [0.15, 0.2) is 0 Å². The summed E-state index contributed by atoms with van der Waals surface area (Å²) in [6.07, 6.45) is -1.81. The third kappa shape index (κ3) is 5.41. The van der Waals surface area contributed by atoms with E-state index in [9.17, 15) is 9.59 Å². The molecule has 0 heterocycles. The number of rotatable bonds is 5. The molecular formula is C10H20O8. The van der Waals surface area contributed by atoms with Crippen LogP contribution in [0, 0.1) is 10.8 Å². The zero-order chi connectivity index (χ0) is 15.1. The third-order valence-corrected chi connectivity index (χ3v) is 2.41. The van der Waals surface area contributed by atoms with Gasteiger partial charge in [-0.3, -0.25) is 9.59 Å². The minimum atomic E-state index is -1.81. The van der Waals surface area contributed by atoms with Gasteiger partial charge in [0.1, 0.15) is 10.8 Å². The second-order valence-corrected chi connectivity index (χ2v) is 4.58. The summed E-state index contributed by atoms with van der Waals surface area (Å²) in [6, 6.07) is 0. The van der Waals surface area contributed by atoms with Gasteiger partial charge in [0, 0.05) is 0 Å². The summed E-state index contributed by atoms with van der Waals surface area (Å²) in [4.78, 5) is 20.3. The minimum absolute atomic E-state index is 0.543. The van der Waals surface area contributed by atoms with Crippen LogP contribution < -0.4 is 0 Å². The zero-order valence-electron chi connectivity index (χ0n) is 10.5. The lowest BCUT2D eigenvalue weighted by Gasteiger charge is -2.20. The van der Waals surface area contributed by atoms with Crippen LogP contribution in [-0.2, 0) is 9.59 Å². The normalized spacial score (nSPS) is 11.8. The molecule has 0 fully saturated rings. The first-order chi connectivity index (χ1) is 7.95. The van der Waals surface area contributed by atoms with E-state index < -0.39 is 42.3 Å². The van der Waals surface area contributed by atoms with Crippen molar-refractivity contribution in [3.63, 3.8) is 0 Å². The molecule has 0 spiro atoms. The van der Waals surface area contributed by atoms with Crippen molar-refractivity contribution in [1.82, 2.24) is 0 Å². The van der Waals surface area contributed by atoms with Crippen LogP contribution in [0.4, 0.5) is 0 Å². The van der Waals surface area contributed by atoms with Gasteiger partial charge in [-0.15, -0.1) is 0 Å². The van der Waals surface area contributed by atoms with Gasteiger partial charge in [0.05, 0.1) is 13.2 Å². The highest BCUT2D eigenvalue weighted by molar-refractivity contribution is 5.74. The maximum atomic E-state index is 10.2. The highest BCUT2D eigenvalue weighted by Crippen LogP contribution is 2.18. The second-order valence-electron chi connectivity index (χ2n) is 4.58. The molecule has 0 aliphatic heterocycles.